The summed E-state index contributed by atoms with van der Waals surface area (Å²) < 4.78 is 23.3. The van der Waals surface area contributed by atoms with Crippen molar-refractivity contribution in [2.24, 2.45) is 4.99 Å². The van der Waals surface area contributed by atoms with Gasteiger partial charge < -0.3 is 10.6 Å². The van der Waals surface area contributed by atoms with E-state index in [4.69, 9.17) is 11.6 Å². The average molecular weight is 474 g/mol. The van der Waals surface area contributed by atoms with Gasteiger partial charge in [0.25, 0.3) is 0 Å². The van der Waals surface area contributed by atoms with Gasteiger partial charge in [0, 0.05) is 25.2 Å². The van der Waals surface area contributed by atoms with Gasteiger partial charge in [-0.05, 0) is 38.5 Å². The highest BCUT2D eigenvalue weighted by atomic mass is 127. The molecule has 1 aromatic rings. The lowest BCUT2D eigenvalue weighted by Crippen LogP contribution is -2.41. The van der Waals surface area contributed by atoms with Crippen molar-refractivity contribution in [3.63, 3.8) is 0 Å². The fourth-order valence-corrected chi connectivity index (χ4v) is 2.73. The molecule has 23 heavy (non-hydrogen) atoms. The molecule has 1 aromatic carbocycles. The molecule has 132 valence electrons. The van der Waals surface area contributed by atoms with Crippen molar-refractivity contribution < 1.29 is 8.42 Å². The molecular formula is C15H25ClIN3O2S. The summed E-state index contributed by atoms with van der Waals surface area (Å²) in [6.45, 7) is 6.02. The number of nitrogens with zero attached hydrogens (tertiary/aromatic N) is 1. The third kappa shape index (κ3) is 7.71. The molecule has 0 aliphatic carbocycles. The molecule has 2 N–H and O–H groups in total. The molecule has 0 unspecified atom stereocenters. The van der Waals surface area contributed by atoms with E-state index in [0.29, 0.717) is 24.1 Å². The highest BCUT2D eigenvalue weighted by Gasteiger charge is 2.28. The summed E-state index contributed by atoms with van der Waals surface area (Å²) in [5.41, 5.74) is 1.06. The fourth-order valence-electron chi connectivity index (χ4n) is 1.62. The number of hydrogen-bond acceptors (Lipinski definition) is 3. The van der Waals surface area contributed by atoms with Gasteiger partial charge in [0.2, 0.25) is 0 Å². The second kappa shape index (κ2) is 9.68. The van der Waals surface area contributed by atoms with Crippen LogP contribution in [0, 0.1) is 0 Å². The summed E-state index contributed by atoms with van der Waals surface area (Å²) in [6.07, 6.45) is 0. The van der Waals surface area contributed by atoms with Gasteiger partial charge in [-0.3, -0.25) is 4.99 Å². The fraction of sp³-hybridized carbons (Fsp3) is 0.533. The first-order valence-electron chi connectivity index (χ1n) is 7.07. The van der Waals surface area contributed by atoms with E-state index in [9.17, 15) is 8.42 Å². The van der Waals surface area contributed by atoms with Gasteiger partial charge in [-0.2, -0.15) is 0 Å². The molecule has 0 fully saturated rings. The summed E-state index contributed by atoms with van der Waals surface area (Å²) in [5.74, 6) is 0.636. The first-order chi connectivity index (χ1) is 10.2. The minimum absolute atomic E-state index is 0. The molecule has 0 radical (unpaired) electrons. The third-order valence-electron chi connectivity index (χ3n) is 3.19. The van der Waals surface area contributed by atoms with Gasteiger partial charge in [0.15, 0.2) is 15.8 Å². The van der Waals surface area contributed by atoms with E-state index in [0.717, 1.165) is 5.56 Å². The Morgan fingerprint density at radius 2 is 1.74 bits per heavy atom. The zero-order valence-corrected chi connectivity index (χ0v) is 17.8. The molecule has 5 nitrogen and oxygen atoms in total. The largest absolute Gasteiger partial charge is 0.355 e. The van der Waals surface area contributed by atoms with Crippen molar-refractivity contribution in [2.75, 3.05) is 19.3 Å². The molecule has 1 rings (SSSR count). The third-order valence-corrected chi connectivity index (χ3v) is 6.05. The van der Waals surface area contributed by atoms with Crippen molar-refractivity contribution in [1.29, 1.82) is 0 Å². The number of hydrogen-bond donors (Lipinski definition) is 2. The zero-order valence-electron chi connectivity index (χ0n) is 13.9. The number of halogens is 2. The Morgan fingerprint density at radius 1 is 1.17 bits per heavy atom. The molecule has 0 aliphatic heterocycles. The summed E-state index contributed by atoms with van der Waals surface area (Å²) in [5, 5.41) is 6.84. The van der Waals surface area contributed by atoms with E-state index in [1.54, 1.807) is 27.8 Å². The van der Waals surface area contributed by atoms with Crippen LogP contribution in [0.15, 0.2) is 29.3 Å². The van der Waals surface area contributed by atoms with Crippen molar-refractivity contribution in [2.45, 2.75) is 32.1 Å². The van der Waals surface area contributed by atoms with E-state index in [2.05, 4.69) is 15.6 Å². The quantitative estimate of drug-likeness (QED) is 0.392. The summed E-state index contributed by atoms with van der Waals surface area (Å²) in [6, 6.07) is 7.49. The van der Waals surface area contributed by atoms with E-state index in [1.807, 2.05) is 24.3 Å². The van der Waals surface area contributed by atoms with Crippen molar-refractivity contribution in [3.05, 3.63) is 34.9 Å². The van der Waals surface area contributed by atoms with Crippen LogP contribution < -0.4 is 10.6 Å². The van der Waals surface area contributed by atoms with Crippen LogP contribution in [0.1, 0.15) is 26.3 Å². The van der Waals surface area contributed by atoms with Gasteiger partial charge in [-0.15, -0.1) is 24.0 Å². The van der Waals surface area contributed by atoms with E-state index < -0.39 is 14.6 Å². The summed E-state index contributed by atoms with van der Waals surface area (Å²) in [7, 11) is -1.49. The monoisotopic (exact) mass is 473 g/mol. The molecule has 0 bridgehead atoms. The first kappa shape index (κ1) is 22.5. The Bertz CT molecular complexity index is 611. The Balaban J connectivity index is 0.00000484. The molecule has 8 heteroatoms. The molecule has 0 atom stereocenters. The van der Waals surface area contributed by atoms with Crippen LogP contribution in [0.3, 0.4) is 0 Å². The number of rotatable bonds is 5. The number of benzene rings is 1. The van der Waals surface area contributed by atoms with Crippen LogP contribution in [-0.4, -0.2) is 38.5 Å². The lowest BCUT2D eigenvalue weighted by atomic mass is 10.2. The second-order valence-electron chi connectivity index (χ2n) is 5.91. The SMILES string of the molecule is CN=C(NCCS(=O)(=O)C(C)(C)C)NCc1ccc(Cl)cc1.I. The smallest absolute Gasteiger partial charge is 0.191 e. The van der Waals surface area contributed by atoms with Crippen LogP contribution in [0.4, 0.5) is 0 Å². The molecule has 0 amide bonds. The standard InChI is InChI=1S/C15H24ClN3O2S.HI/c1-15(2,3)22(20,21)10-9-18-14(17-4)19-11-12-5-7-13(16)8-6-12;/h5-8H,9-11H2,1-4H3,(H2,17,18,19);1H. The van der Waals surface area contributed by atoms with Crippen LogP contribution in [0.2, 0.25) is 5.02 Å². The number of nitrogens with one attached hydrogen (secondary N) is 2. The predicted octanol–water partition coefficient (Wildman–Crippen LogP) is 2.84. The van der Waals surface area contributed by atoms with Gasteiger partial charge in [-0.1, -0.05) is 23.7 Å². The van der Waals surface area contributed by atoms with Crippen molar-refractivity contribution >= 4 is 51.4 Å². The van der Waals surface area contributed by atoms with Gasteiger partial charge in [0.05, 0.1) is 10.5 Å². The molecule has 0 aliphatic rings. The predicted molar refractivity (Wildman–Crippen MR) is 109 cm³/mol. The summed E-state index contributed by atoms with van der Waals surface area (Å²) >= 11 is 5.84. The van der Waals surface area contributed by atoms with Gasteiger partial charge in [0.1, 0.15) is 0 Å². The van der Waals surface area contributed by atoms with Gasteiger partial charge in [-0.25, -0.2) is 8.42 Å². The molecule has 0 aromatic heterocycles. The molecule has 0 saturated heterocycles. The maximum atomic E-state index is 12.0. The van der Waals surface area contributed by atoms with Crippen LogP contribution >= 0.6 is 35.6 Å². The van der Waals surface area contributed by atoms with Crippen LogP contribution in [0.25, 0.3) is 0 Å². The topological polar surface area (TPSA) is 70.6 Å². The molecule has 0 heterocycles. The molecule has 0 spiro atoms. The number of sulfone groups is 1. The van der Waals surface area contributed by atoms with Crippen molar-refractivity contribution in [1.82, 2.24) is 10.6 Å². The average Bonchev–Trinajstić information content (AvgIpc) is 2.43. The Labute approximate surface area is 161 Å². The number of aliphatic imine (C=N–C) groups is 1. The summed E-state index contributed by atoms with van der Waals surface area (Å²) in [4.78, 5) is 4.08. The van der Waals surface area contributed by atoms with Crippen LogP contribution in [-0.2, 0) is 16.4 Å². The minimum Gasteiger partial charge on any atom is -0.355 e. The maximum absolute atomic E-state index is 12.0. The lowest BCUT2D eigenvalue weighted by molar-refractivity contribution is 0.559. The Morgan fingerprint density at radius 3 is 2.22 bits per heavy atom. The Hall–Kier alpha value is -0.540. The molecule has 0 saturated carbocycles. The molecular weight excluding hydrogens is 449 g/mol. The van der Waals surface area contributed by atoms with Crippen molar-refractivity contribution in [3.8, 4) is 0 Å². The highest BCUT2D eigenvalue weighted by Crippen LogP contribution is 2.15. The van der Waals surface area contributed by atoms with Crippen LogP contribution in [0.5, 0.6) is 0 Å². The number of guanidine groups is 1. The highest BCUT2D eigenvalue weighted by molar-refractivity contribution is 14.0. The zero-order chi connectivity index (χ0) is 16.8. The van der Waals surface area contributed by atoms with Gasteiger partial charge >= 0.3 is 0 Å². The minimum atomic E-state index is -3.13. The van der Waals surface area contributed by atoms with E-state index >= 15 is 0 Å². The maximum Gasteiger partial charge on any atom is 0.191 e. The first-order valence-corrected chi connectivity index (χ1v) is 9.10. The second-order valence-corrected chi connectivity index (χ2v) is 9.21. The van der Waals surface area contributed by atoms with E-state index in [-0.39, 0.29) is 29.7 Å². The van der Waals surface area contributed by atoms with E-state index in [1.165, 1.54) is 0 Å². The lowest BCUT2D eigenvalue weighted by Gasteiger charge is -2.19. The normalized spacial score (nSPS) is 12.5. The Kier molecular flexibility index (Phi) is 9.46.